The molecule has 0 saturated heterocycles. The van der Waals surface area contributed by atoms with Gasteiger partial charge in [0.2, 0.25) is 0 Å². The summed E-state index contributed by atoms with van der Waals surface area (Å²) in [7, 11) is 0. The molecular formula is C15H12N2O3. The number of para-hydroxylation sites is 1. The fourth-order valence-electron chi connectivity index (χ4n) is 2.49. The van der Waals surface area contributed by atoms with Crippen LogP contribution in [-0.4, -0.2) is 17.0 Å². The largest absolute Gasteiger partial charge is 0.474 e. The molecule has 1 aliphatic heterocycles. The van der Waals surface area contributed by atoms with Crippen molar-refractivity contribution in [1.29, 1.82) is 0 Å². The van der Waals surface area contributed by atoms with Crippen molar-refractivity contribution in [3.63, 3.8) is 0 Å². The van der Waals surface area contributed by atoms with Crippen molar-refractivity contribution in [3.8, 4) is 0 Å². The molecule has 0 aliphatic carbocycles. The Bertz CT molecular complexity index is 725. The molecule has 0 aromatic heterocycles. The van der Waals surface area contributed by atoms with E-state index in [-0.39, 0.29) is 0 Å². The molecular weight excluding hydrogens is 256 g/mol. The van der Waals surface area contributed by atoms with E-state index in [0.29, 0.717) is 23.5 Å². The molecule has 0 saturated carbocycles. The predicted octanol–water partition coefficient (Wildman–Crippen LogP) is 1.92. The van der Waals surface area contributed by atoms with Crippen LogP contribution in [0.1, 0.15) is 11.1 Å². The lowest BCUT2D eigenvalue weighted by Crippen LogP contribution is -2.35. The Hall–Kier alpha value is -2.82. The molecule has 1 heterocycles. The lowest BCUT2D eigenvalue weighted by atomic mass is 9.95. The van der Waals surface area contributed by atoms with Gasteiger partial charge in [-0.3, -0.25) is 9.69 Å². The maximum absolute atomic E-state index is 12.0. The molecule has 20 heavy (non-hydrogen) atoms. The average molecular weight is 268 g/mol. The van der Waals surface area contributed by atoms with Crippen molar-refractivity contribution in [2.45, 2.75) is 6.42 Å². The van der Waals surface area contributed by atoms with Gasteiger partial charge in [-0.15, -0.1) is 0 Å². The zero-order valence-electron chi connectivity index (χ0n) is 10.5. The van der Waals surface area contributed by atoms with E-state index in [0.717, 1.165) is 11.1 Å². The van der Waals surface area contributed by atoms with Gasteiger partial charge in [-0.05, 0) is 35.4 Å². The number of hydrogen-bond donors (Lipinski definition) is 2. The fourth-order valence-corrected chi connectivity index (χ4v) is 2.49. The van der Waals surface area contributed by atoms with Crippen LogP contribution in [0.2, 0.25) is 0 Å². The summed E-state index contributed by atoms with van der Waals surface area (Å²) in [5, 5.41) is 9.02. The van der Waals surface area contributed by atoms with E-state index in [1.54, 1.807) is 30.3 Å². The van der Waals surface area contributed by atoms with E-state index in [1.165, 1.54) is 4.90 Å². The quantitative estimate of drug-likeness (QED) is 0.565. The molecule has 0 unspecified atom stereocenters. The van der Waals surface area contributed by atoms with E-state index in [9.17, 15) is 9.59 Å². The second kappa shape index (κ2) is 4.38. The molecule has 0 fully saturated rings. The van der Waals surface area contributed by atoms with Crippen LogP contribution in [0.4, 0.5) is 17.1 Å². The summed E-state index contributed by atoms with van der Waals surface area (Å²) in [6.45, 7) is 0. The highest BCUT2D eigenvalue weighted by Gasteiger charge is 2.31. The van der Waals surface area contributed by atoms with Crippen LogP contribution in [0, 0.1) is 0 Å². The first kappa shape index (κ1) is 12.2. The highest BCUT2D eigenvalue weighted by atomic mass is 16.4. The number of carbonyl (C=O) groups is 2. The normalized spacial score (nSPS) is 12.5. The fraction of sp³-hybridized carbons (Fsp3) is 0.0667. The van der Waals surface area contributed by atoms with Gasteiger partial charge < -0.3 is 10.8 Å². The van der Waals surface area contributed by atoms with E-state index in [4.69, 9.17) is 10.8 Å². The first-order chi connectivity index (χ1) is 9.58. The van der Waals surface area contributed by atoms with Crippen LogP contribution < -0.4 is 10.6 Å². The van der Waals surface area contributed by atoms with Gasteiger partial charge in [0.1, 0.15) is 0 Å². The first-order valence-electron chi connectivity index (χ1n) is 6.11. The molecule has 3 rings (SSSR count). The minimum absolute atomic E-state index is 0.574. The number of fused-ring (bicyclic) bond motifs is 2. The van der Waals surface area contributed by atoms with E-state index >= 15 is 0 Å². The molecule has 2 aromatic carbocycles. The van der Waals surface area contributed by atoms with Crippen LogP contribution in [0.5, 0.6) is 0 Å². The third-order valence-electron chi connectivity index (χ3n) is 3.34. The number of nitrogen functional groups attached to an aromatic ring is 1. The summed E-state index contributed by atoms with van der Waals surface area (Å²) in [5.74, 6) is -2.45. The summed E-state index contributed by atoms with van der Waals surface area (Å²) in [6, 6.07) is 12.4. The Morgan fingerprint density at radius 3 is 2.50 bits per heavy atom. The van der Waals surface area contributed by atoms with Crippen molar-refractivity contribution in [3.05, 3.63) is 53.6 Å². The van der Waals surface area contributed by atoms with Crippen LogP contribution in [0.25, 0.3) is 0 Å². The monoisotopic (exact) mass is 268 g/mol. The maximum atomic E-state index is 12.0. The first-order valence-corrected chi connectivity index (χ1v) is 6.11. The Morgan fingerprint density at radius 2 is 1.75 bits per heavy atom. The summed E-state index contributed by atoms with van der Waals surface area (Å²) in [5.41, 5.74) is 9.28. The number of carboxylic acids is 1. The van der Waals surface area contributed by atoms with Gasteiger partial charge in [0.15, 0.2) is 0 Å². The highest BCUT2D eigenvalue weighted by molar-refractivity contribution is 6.39. The zero-order chi connectivity index (χ0) is 14.3. The summed E-state index contributed by atoms with van der Waals surface area (Å²) in [4.78, 5) is 24.3. The van der Waals surface area contributed by atoms with Gasteiger partial charge in [-0.25, -0.2) is 4.79 Å². The van der Waals surface area contributed by atoms with E-state index in [1.807, 2.05) is 12.1 Å². The Labute approximate surface area is 115 Å². The average Bonchev–Trinajstić information content (AvgIpc) is 2.43. The number of carboxylic acid groups (broad SMARTS) is 1. The standard InChI is InChI=1S/C15H12N2O3/c16-11-5-6-13-10(8-11)7-9-3-1-2-4-12(9)17(13)14(18)15(19)20/h1-6,8H,7,16H2,(H,19,20). The molecule has 1 aliphatic rings. The smallest absolute Gasteiger partial charge is 0.395 e. The summed E-state index contributed by atoms with van der Waals surface area (Å²) < 4.78 is 0. The number of hydrogen-bond acceptors (Lipinski definition) is 3. The molecule has 1 amide bonds. The lowest BCUT2D eigenvalue weighted by molar-refractivity contribution is -0.148. The van der Waals surface area contributed by atoms with Crippen LogP contribution >= 0.6 is 0 Å². The topological polar surface area (TPSA) is 83.6 Å². The van der Waals surface area contributed by atoms with Crippen LogP contribution in [0.3, 0.4) is 0 Å². The molecule has 0 radical (unpaired) electrons. The van der Waals surface area contributed by atoms with Crippen molar-refractivity contribution in [2.75, 3.05) is 10.6 Å². The Kier molecular flexibility index (Phi) is 2.68. The number of nitrogens with zero attached hydrogens (tertiary/aromatic N) is 1. The van der Waals surface area contributed by atoms with Crippen LogP contribution in [0.15, 0.2) is 42.5 Å². The van der Waals surface area contributed by atoms with Gasteiger partial charge in [0.25, 0.3) is 0 Å². The second-order valence-corrected chi connectivity index (χ2v) is 4.64. The predicted molar refractivity (Wildman–Crippen MR) is 74.9 cm³/mol. The number of rotatable bonds is 0. The van der Waals surface area contributed by atoms with Gasteiger partial charge in [-0.1, -0.05) is 18.2 Å². The second-order valence-electron chi connectivity index (χ2n) is 4.64. The number of carbonyl (C=O) groups excluding carboxylic acids is 1. The Balaban J connectivity index is 2.23. The highest BCUT2D eigenvalue weighted by Crippen LogP contribution is 2.39. The van der Waals surface area contributed by atoms with Crippen molar-refractivity contribution in [1.82, 2.24) is 0 Å². The number of anilines is 3. The summed E-state index contributed by atoms with van der Waals surface area (Å²) in [6.07, 6.45) is 0.625. The molecule has 100 valence electrons. The number of benzene rings is 2. The minimum atomic E-state index is -1.48. The number of nitrogens with two attached hydrogens (primary N) is 1. The number of aliphatic carboxylic acids is 1. The molecule has 5 nitrogen and oxygen atoms in total. The third-order valence-corrected chi connectivity index (χ3v) is 3.34. The number of amides is 1. The minimum Gasteiger partial charge on any atom is -0.474 e. The molecule has 0 atom stereocenters. The molecule has 0 bridgehead atoms. The van der Waals surface area contributed by atoms with Crippen molar-refractivity contribution >= 4 is 28.9 Å². The lowest BCUT2D eigenvalue weighted by Gasteiger charge is -2.30. The maximum Gasteiger partial charge on any atom is 0.395 e. The third kappa shape index (κ3) is 1.80. The van der Waals surface area contributed by atoms with Gasteiger partial charge in [0.05, 0.1) is 11.4 Å². The van der Waals surface area contributed by atoms with Crippen LogP contribution in [-0.2, 0) is 16.0 Å². The molecule has 2 aromatic rings. The molecule has 0 spiro atoms. The Morgan fingerprint density at radius 1 is 1.05 bits per heavy atom. The molecule has 3 N–H and O–H groups in total. The van der Waals surface area contributed by atoms with Crippen molar-refractivity contribution < 1.29 is 14.7 Å². The zero-order valence-corrected chi connectivity index (χ0v) is 10.5. The van der Waals surface area contributed by atoms with Gasteiger partial charge in [-0.2, -0.15) is 0 Å². The van der Waals surface area contributed by atoms with Crippen molar-refractivity contribution in [2.24, 2.45) is 0 Å². The van der Waals surface area contributed by atoms with Gasteiger partial charge >= 0.3 is 11.9 Å². The van der Waals surface area contributed by atoms with E-state index in [2.05, 4.69) is 0 Å². The van der Waals surface area contributed by atoms with Gasteiger partial charge in [0, 0.05) is 12.1 Å². The summed E-state index contributed by atoms with van der Waals surface area (Å²) >= 11 is 0. The van der Waals surface area contributed by atoms with E-state index < -0.39 is 11.9 Å². The molecule has 5 heteroatoms. The SMILES string of the molecule is Nc1ccc2c(c1)Cc1ccccc1N2C(=O)C(=O)O.